The lowest BCUT2D eigenvalue weighted by molar-refractivity contribution is -0.131. The van der Waals surface area contributed by atoms with Crippen molar-refractivity contribution in [1.29, 1.82) is 0 Å². The fourth-order valence-corrected chi connectivity index (χ4v) is 3.11. The van der Waals surface area contributed by atoms with Gasteiger partial charge in [0.25, 0.3) is 0 Å². The predicted molar refractivity (Wildman–Crippen MR) is 79.1 cm³/mol. The Bertz CT molecular complexity index is 423. The summed E-state index contributed by atoms with van der Waals surface area (Å²) in [7, 11) is 1.70. The first kappa shape index (κ1) is 13.9. The monoisotopic (exact) mass is 276 g/mol. The van der Waals surface area contributed by atoms with Gasteiger partial charge in [-0.2, -0.15) is 0 Å². The molecule has 0 radical (unpaired) electrons. The third-order valence-electron chi connectivity index (χ3n) is 4.46. The van der Waals surface area contributed by atoms with Gasteiger partial charge >= 0.3 is 0 Å². The molecular formula is C16H24N2O2. The van der Waals surface area contributed by atoms with Gasteiger partial charge < -0.3 is 14.8 Å². The Balaban J connectivity index is 1.50. The molecule has 2 fully saturated rings. The number of likely N-dealkylation sites (tertiary alicyclic amines) is 1. The van der Waals surface area contributed by atoms with Crippen LogP contribution in [0, 0.1) is 0 Å². The van der Waals surface area contributed by atoms with E-state index in [2.05, 4.69) is 22.3 Å². The van der Waals surface area contributed by atoms with Crippen molar-refractivity contribution in [1.82, 2.24) is 10.2 Å². The van der Waals surface area contributed by atoms with Crippen molar-refractivity contribution < 1.29 is 9.47 Å². The van der Waals surface area contributed by atoms with Crippen LogP contribution >= 0.6 is 0 Å². The van der Waals surface area contributed by atoms with Crippen LogP contribution < -0.4 is 10.1 Å². The molecule has 0 amide bonds. The van der Waals surface area contributed by atoms with E-state index < -0.39 is 0 Å². The highest BCUT2D eigenvalue weighted by molar-refractivity contribution is 5.27. The molecule has 0 bridgehead atoms. The molecule has 2 heterocycles. The average Bonchev–Trinajstić information content (AvgIpc) is 2.97. The lowest BCUT2D eigenvalue weighted by Gasteiger charge is -2.48. The van der Waals surface area contributed by atoms with Crippen molar-refractivity contribution in [3.63, 3.8) is 0 Å². The van der Waals surface area contributed by atoms with Crippen LogP contribution in [0.15, 0.2) is 24.3 Å². The zero-order valence-corrected chi connectivity index (χ0v) is 12.2. The van der Waals surface area contributed by atoms with Gasteiger partial charge in [-0.3, -0.25) is 4.90 Å². The number of nitrogens with zero attached hydrogens (tertiary/aromatic N) is 1. The van der Waals surface area contributed by atoms with Gasteiger partial charge in [0.15, 0.2) is 0 Å². The summed E-state index contributed by atoms with van der Waals surface area (Å²) in [6.45, 7) is 6.13. The minimum absolute atomic E-state index is 0.253. The molecule has 0 unspecified atom stereocenters. The summed E-state index contributed by atoms with van der Waals surface area (Å²) in [5.74, 6) is 0.912. The molecule has 0 saturated carbocycles. The van der Waals surface area contributed by atoms with Gasteiger partial charge in [0.05, 0.1) is 25.9 Å². The van der Waals surface area contributed by atoms with E-state index in [9.17, 15) is 0 Å². The van der Waals surface area contributed by atoms with Crippen LogP contribution in [-0.2, 0) is 11.3 Å². The molecule has 1 N–H and O–H groups in total. The van der Waals surface area contributed by atoms with Crippen LogP contribution in [-0.4, -0.2) is 50.4 Å². The summed E-state index contributed by atoms with van der Waals surface area (Å²) in [5.41, 5.74) is 1.55. The van der Waals surface area contributed by atoms with Gasteiger partial charge in [-0.25, -0.2) is 0 Å². The molecule has 1 aromatic rings. The van der Waals surface area contributed by atoms with Crippen molar-refractivity contribution in [2.75, 3.05) is 40.0 Å². The van der Waals surface area contributed by atoms with Crippen molar-refractivity contribution in [3.05, 3.63) is 29.8 Å². The molecule has 3 rings (SSSR count). The molecule has 0 aliphatic carbocycles. The summed E-state index contributed by atoms with van der Waals surface area (Å²) in [6.07, 6.45) is 2.67. The number of hydrogen-bond acceptors (Lipinski definition) is 4. The van der Waals surface area contributed by atoms with Crippen LogP contribution in [0.5, 0.6) is 5.75 Å². The number of benzene rings is 1. The van der Waals surface area contributed by atoms with E-state index in [1.54, 1.807) is 7.11 Å². The third kappa shape index (κ3) is 2.82. The summed E-state index contributed by atoms with van der Waals surface area (Å²) < 4.78 is 10.7. The Morgan fingerprint density at radius 1 is 1.20 bits per heavy atom. The molecule has 2 saturated heterocycles. The third-order valence-corrected chi connectivity index (χ3v) is 4.46. The molecule has 2 aliphatic rings. The topological polar surface area (TPSA) is 33.7 Å². The fourth-order valence-electron chi connectivity index (χ4n) is 3.11. The standard InChI is InChI=1S/C16H24N2O2/c1-19-15-6-4-14(5-7-15)10-17-11-16(12-20-13-16)18-8-2-3-9-18/h4-7,17H,2-3,8-13H2,1H3. The van der Waals surface area contributed by atoms with Gasteiger partial charge in [-0.15, -0.1) is 0 Å². The van der Waals surface area contributed by atoms with Crippen LogP contribution in [0.4, 0.5) is 0 Å². The highest BCUT2D eigenvalue weighted by Gasteiger charge is 2.44. The van der Waals surface area contributed by atoms with E-state index in [0.29, 0.717) is 0 Å². The average molecular weight is 276 g/mol. The predicted octanol–water partition coefficient (Wildman–Crippen LogP) is 1.65. The molecule has 0 aromatic heterocycles. The van der Waals surface area contributed by atoms with Crippen LogP contribution in [0.3, 0.4) is 0 Å². The second-order valence-electron chi connectivity index (χ2n) is 5.86. The lowest BCUT2D eigenvalue weighted by atomic mass is 9.95. The van der Waals surface area contributed by atoms with E-state index in [0.717, 1.165) is 32.1 Å². The Morgan fingerprint density at radius 2 is 1.90 bits per heavy atom. The maximum atomic E-state index is 5.49. The molecule has 4 nitrogen and oxygen atoms in total. The fraction of sp³-hybridized carbons (Fsp3) is 0.625. The first-order valence-corrected chi connectivity index (χ1v) is 7.49. The summed E-state index contributed by atoms with van der Waals surface area (Å²) in [4.78, 5) is 2.61. The quantitative estimate of drug-likeness (QED) is 0.856. The number of nitrogens with one attached hydrogen (secondary N) is 1. The first-order valence-electron chi connectivity index (χ1n) is 7.49. The molecular weight excluding hydrogens is 252 g/mol. The minimum atomic E-state index is 0.253. The minimum Gasteiger partial charge on any atom is -0.497 e. The first-order chi connectivity index (χ1) is 9.82. The summed E-state index contributed by atoms with van der Waals surface area (Å²) in [6, 6.07) is 8.26. The summed E-state index contributed by atoms with van der Waals surface area (Å²) >= 11 is 0. The van der Waals surface area contributed by atoms with E-state index in [1.807, 2.05) is 12.1 Å². The maximum absolute atomic E-state index is 5.49. The summed E-state index contributed by atoms with van der Waals surface area (Å²) in [5, 5.41) is 3.60. The van der Waals surface area contributed by atoms with Gasteiger partial charge in [0.1, 0.15) is 5.75 Å². The van der Waals surface area contributed by atoms with Crippen LogP contribution in [0.2, 0.25) is 0 Å². The smallest absolute Gasteiger partial charge is 0.118 e. The van der Waals surface area contributed by atoms with Gasteiger partial charge in [-0.1, -0.05) is 12.1 Å². The van der Waals surface area contributed by atoms with E-state index in [-0.39, 0.29) is 5.54 Å². The second-order valence-corrected chi connectivity index (χ2v) is 5.86. The van der Waals surface area contributed by atoms with E-state index >= 15 is 0 Å². The molecule has 0 spiro atoms. The Kier molecular flexibility index (Phi) is 4.24. The highest BCUT2D eigenvalue weighted by atomic mass is 16.5. The van der Waals surface area contributed by atoms with Crippen molar-refractivity contribution in [3.8, 4) is 5.75 Å². The lowest BCUT2D eigenvalue weighted by Crippen LogP contribution is -2.66. The van der Waals surface area contributed by atoms with Crippen molar-refractivity contribution >= 4 is 0 Å². The largest absolute Gasteiger partial charge is 0.497 e. The normalized spacial score (nSPS) is 21.6. The van der Waals surface area contributed by atoms with Gasteiger partial charge in [0.2, 0.25) is 0 Å². The number of ether oxygens (including phenoxy) is 2. The molecule has 0 atom stereocenters. The van der Waals surface area contributed by atoms with E-state index in [4.69, 9.17) is 9.47 Å². The molecule has 2 aliphatic heterocycles. The zero-order valence-electron chi connectivity index (χ0n) is 12.2. The second kappa shape index (κ2) is 6.12. The Morgan fingerprint density at radius 3 is 2.45 bits per heavy atom. The number of hydrogen-bond donors (Lipinski definition) is 1. The Hall–Kier alpha value is -1.10. The maximum Gasteiger partial charge on any atom is 0.118 e. The number of methoxy groups -OCH3 is 1. The molecule has 1 aromatic carbocycles. The highest BCUT2D eigenvalue weighted by Crippen LogP contribution is 2.28. The van der Waals surface area contributed by atoms with E-state index in [1.165, 1.54) is 31.5 Å². The van der Waals surface area contributed by atoms with Gasteiger partial charge in [0, 0.05) is 13.1 Å². The zero-order chi connectivity index (χ0) is 13.8. The van der Waals surface area contributed by atoms with Crippen molar-refractivity contribution in [2.45, 2.75) is 24.9 Å². The van der Waals surface area contributed by atoms with Crippen molar-refractivity contribution in [2.24, 2.45) is 0 Å². The molecule has 20 heavy (non-hydrogen) atoms. The van der Waals surface area contributed by atoms with Crippen LogP contribution in [0.1, 0.15) is 18.4 Å². The molecule has 110 valence electrons. The van der Waals surface area contributed by atoms with Gasteiger partial charge in [-0.05, 0) is 43.6 Å². The van der Waals surface area contributed by atoms with Crippen LogP contribution in [0.25, 0.3) is 0 Å². The Labute approximate surface area is 121 Å². The number of rotatable bonds is 6. The molecule has 4 heteroatoms. The SMILES string of the molecule is COc1ccc(CNCC2(N3CCCC3)COC2)cc1.